The molecule has 0 saturated heterocycles. The lowest BCUT2D eigenvalue weighted by Crippen LogP contribution is -2.35. The van der Waals surface area contributed by atoms with Crippen molar-refractivity contribution >= 4 is 29.0 Å². The van der Waals surface area contributed by atoms with Gasteiger partial charge in [0.15, 0.2) is 0 Å². The van der Waals surface area contributed by atoms with Gasteiger partial charge in [-0.2, -0.15) is 0 Å². The lowest BCUT2D eigenvalue weighted by molar-refractivity contribution is -0.131. The number of nitrogens with zero attached hydrogens (tertiary/aromatic N) is 1. The number of aliphatic carboxylic acids is 1. The monoisotopic (exact) mass is 507 g/mol. The summed E-state index contributed by atoms with van der Waals surface area (Å²) in [5.41, 5.74) is 3.86. The largest absolute Gasteiger partial charge is 0.478 e. The molecule has 3 rings (SSSR count). The van der Waals surface area contributed by atoms with Gasteiger partial charge in [-0.15, -0.1) is 0 Å². The molecule has 0 fully saturated rings. The number of ether oxygens (including phenoxy) is 2. The molecule has 8 nitrogen and oxygen atoms in total. The first-order chi connectivity index (χ1) is 17.7. The van der Waals surface area contributed by atoms with E-state index in [1.165, 1.54) is 10.9 Å². The first kappa shape index (κ1) is 28.0. The fourth-order valence-electron chi connectivity index (χ4n) is 3.88. The van der Waals surface area contributed by atoms with Crippen LogP contribution in [0.2, 0.25) is 0 Å². The summed E-state index contributed by atoms with van der Waals surface area (Å²) >= 11 is 0. The van der Waals surface area contributed by atoms with Crippen molar-refractivity contribution in [1.82, 2.24) is 15.2 Å². The molecule has 2 aromatic carbocycles. The minimum absolute atomic E-state index is 0.384. The van der Waals surface area contributed by atoms with Crippen molar-refractivity contribution in [3.05, 3.63) is 77.5 Å². The number of carbonyl (C=O) groups is 2. The maximum absolute atomic E-state index is 11.8. The molecule has 0 unspecified atom stereocenters. The number of carbonyl (C=O) groups excluding carboxylic acids is 1. The Labute approximate surface area is 218 Å². The number of carboxylic acids is 1. The molecule has 0 spiro atoms. The average Bonchev–Trinajstić information content (AvgIpc) is 3.26. The fourth-order valence-corrected chi connectivity index (χ4v) is 3.88. The lowest BCUT2D eigenvalue weighted by Gasteiger charge is -2.23. The van der Waals surface area contributed by atoms with Crippen LogP contribution in [0.1, 0.15) is 37.5 Å². The van der Waals surface area contributed by atoms with Gasteiger partial charge >= 0.3 is 12.1 Å². The molecule has 3 N–H and O–H groups in total. The molecule has 0 radical (unpaired) electrons. The molecule has 0 aliphatic heterocycles. The molecule has 1 amide bonds. The quantitative estimate of drug-likeness (QED) is 0.226. The highest BCUT2D eigenvalue weighted by Gasteiger charge is 2.15. The van der Waals surface area contributed by atoms with Crippen LogP contribution in [-0.4, -0.2) is 65.5 Å². The predicted molar refractivity (Wildman–Crippen MR) is 145 cm³/mol. The van der Waals surface area contributed by atoms with Crippen LogP contribution in [0.25, 0.3) is 17.0 Å². The molecule has 0 aliphatic carbocycles. The van der Waals surface area contributed by atoms with Crippen molar-refractivity contribution in [3.63, 3.8) is 0 Å². The number of alkyl carbamates (subject to hydrolysis) is 1. The van der Waals surface area contributed by atoms with E-state index in [1.807, 2.05) is 51.1 Å². The summed E-state index contributed by atoms with van der Waals surface area (Å²) in [4.78, 5) is 28.2. The number of nitrogens with one attached hydrogen (secondary N) is 2. The topological polar surface area (TPSA) is 104 Å². The molecule has 37 heavy (non-hydrogen) atoms. The van der Waals surface area contributed by atoms with E-state index in [-0.39, 0.29) is 0 Å². The van der Waals surface area contributed by atoms with Gasteiger partial charge in [0.05, 0.1) is 13.2 Å². The molecular formula is C29H37N3O5. The van der Waals surface area contributed by atoms with Crippen molar-refractivity contribution in [2.75, 3.05) is 32.8 Å². The second-order valence-electron chi connectivity index (χ2n) is 9.84. The van der Waals surface area contributed by atoms with E-state index in [0.29, 0.717) is 19.8 Å². The number of H-pyrrole nitrogens is 1. The van der Waals surface area contributed by atoms with E-state index >= 15 is 0 Å². The van der Waals surface area contributed by atoms with Crippen molar-refractivity contribution in [3.8, 4) is 0 Å². The molecular weight excluding hydrogens is 470 g/mol. The van der Waals surface area contributed by atoms with Gasteiger partial charge in [-0.3, -0.25) is 4.90 Å². The molecule has 0 saturated carbocycles. The maximum atomic E-state index is 11.8. The number of para-hydroxylation sites is 1. The molecule has 0 bridgehead atoms. The van der Waals surface area contributed by atoms with Crippen molar-refractivity contribution in [1.29, 1.82) is 0 Å². The number of aromatic amines is 1. The molecule has 1 heterocycles. The third-order valence-electron chi connectivity index (χ3n) is 5.64. The molecule has 1 aromatic heterocycles. The Kier molecular flexibility index (Phi) is 10.3. The molecule has 8 heteroatoms. The lowest BCUT2D eigenvalue weighted by atomic mass is 10.1. The summed E-state index contributed by atoms with van der Waals surface area (Å²) in [7, 11) is 0. The smallest absolute Gasteiger partial charge is 0.407 e. The highest BCUT2D eigenvalue weighted by molar-refractivity contribution is 5.85. The van der Waals surface area contributed by atoms with Gasteiger partial charge in [0.2, 0.25) is 0 Å². The number of fused-ring (bicyclic) bond motifs is 1. The van der Waals surface area contributed by atoms with Crippen LogP contribution in [-0.2, 0) is 27.2 Å². The maximum Gasteiger partial charge on any atom is 0.407 e. The Morgan fingerprint density at radius 3 is 2.54 bits per heavy atom. The molecule has 3 aromatic rings. The van der Waals surface area contributed by atoms with Crippen LogP contribution in [0.3, 0.4) is 0 Å². The molecule has 0 atom stereocenters. The highest BCUT2D eigenvalue weighted by atomic mass is 16.6. The Bertz CT molecular complexity index is 1180. The number of hydrogen-bond donors (Lipinski definition) is 3. The second kappa shape index (κ2) is 13.6. The normalized spacial score (nSPS) is 11.9. The van der Waals surface area contributed by atoms with E-state index < -0.39 is 17.7 Å². The van der Waals surface area contributed by atoms with E-state index in [0.717, 1.165) is 48.8 Å². The van der Waals surface area contributed by atoms with Gasteiger partial charge in [0.25, 0.3) is 0 Å². The zero-order valence-corrected chi connectivity index (χ0v) is 21.8. The van der Waals surface area contributed by atoms with Gasteiger partial charge in [-0.25, -0.2) is 9.59 Å². The van der Waals surface area contributed by atoms with Crippen molar-refractivity contribution in [2.45, 2.75) is 39.3 Å². The van der Waals surface area contributed by atoms with Gasteiger partial charge < -0.3 is 24.9 Å². The fraction of sp³-hybridized carbons (Fsp3) is 0.379. The zero-order valence-electron chi connectivity index (χ0n) is 21.8. The zero-order chi connectivity index (χ0) is 26.7. The van der Waals surface area contributed by atoms with Gasteiger partial charge in [-0.05, 0) is 56.0 Å². The summed E-state index contributed by atoms with van der Waals surface area (Å²) in [6, 6.07) is 16.2. The van der Waals surface area contributed by atoms with Crippen LogP contribution >= 0.6 is 0 Å². The number of carboxylic acid groups (broad SMARTS) is 1. The van der Waals surface area contributed by atoms with Gasteiger partial charge in [0, 0.05) is 49.4 Å². The van der Waals surface area contributed by atoms with E-state index in [2.05, 4.69) is 39.6 Å². The SMILES string of the molecule is CC(C)(C)OC(=O)NCCOCCN(CCc1c[nH]c2ccccc12)Cc1ccc(/C=C/C(=O)O)cc1. The minimum atomic E-state index is -0.964. The van der Waals surface area contributed by atoms with Crippen molar-refractivity contribution < 1.29 is 24.2 Å². The Morgan fingerprint density at radius 1 is 1.05 bits per heavy atom. The van der Waals surface area contributed by atoms with Crippen LogP contribution in [0, 0.1) is 0 Å². The summed E-state index contributed by atoms with van der Waals surface area (Å²) in [6.07, 6.45) is 5.24. The van der Waals surface area contributed by atoms with Crippen molar-refractivity contribution in [2.24, 2.45) is 0 Å². The highest BCUT2D eigenvalue weighted by Crippen LogP contribution is 2.19. The number of aromatic nitrogens is 1. The first-order valence-electron chi connectivity index (χ1n) is 12.5. The number of amides is 1. The van der Waals surface area contributed by atoms with E-state index in [1.54, 1.807) is 6.08 Å². The number of benzene rings is 2. The summed E-state index contributed by atoms with van der Waals surface area (Å²) in [5.74, 6) is -0.964. The minimum Gasteiger partial charge on any atom is -0.478 e. The van der Waals surface area contributed by atoms with E-state index in [9.17, 15) is 9.59 Å². The molecule has 0 aliphatic rings. The number of rotatable bonds is 13. The average molecular weight is 508 g/mol. The summed E-state index contributed by atoms with van der Waals surface area (Å²) in [6.45, 7) is 9.12. The summed E-state index contributed by atoms with van der Waals surface area (Å²) < 4.78 is 11.0. The Hall–Kier alpha value is -3.62. The first-order valence-corrected chi connectivity index (χ1v) is 12.5. The van der Waals surface area contributed by atoms with Gasteiger partial charge in [-0.1, -0.05) is 42.5 Å². The Balaban J connectivity index is 1.53. The van der Waals surface area contributed by atoms with Crippen LogP contribution in [0.4, 0.5) is 4.79 Å². The summed E-state index contributed by atoms with van der Waals surface area (Å²) in [5, 5.41) is 12.8. The molecule has 198 valence electrons. The predicted octanol–water partition coefficient (Wildman–Crippen LogP) is 4.85. The number of hydrogen-bond acceptors (Lipinski definition) is 5. The van der Waals surface area contributed by atoms with E-state index in [4.69, 9.17) is 14.6 Å². The van der Waals surface area contributed by atoms with Gasteiger partial charge in [0.1, 0.15) is 5.60 Å². The van der Waals surface area contributed by atoms with Crippen LogP contribution in [0.15, 0.2) is 60.8 Å². The third-order valence-corrected chi connectivity index (χ3v) is 5.64. The van der Waals surface area contributed by atoms with Crippen LogP contribution < -0.4 is 5.32 Å². The second-order valence-corrected chi connectivity index (χ2v) is 9.84. The Morgan fingerprint density at radius 2 is 1.81 bits per heavy atom. The van der Waals surface area contributed by atoms with Crippen LogP contribution in [0.5, 0.6) is 0 Å². The standard InChI is InChI=1S/C29H37N3O5/c1-29(2,3)37-28(35)30-15-18-36-19-17-32(16-14-24-20-31-26-7-5-4-6-25(24)26)21-23-10-8-22(9-11-23)12-13-27(33)34/h4-13,20,31H,14-19,21H2,1-3H3,(H,30,35)(H,33,34)/b13-12+. The third kappa shape index (κ3) is 10.1.